The molecule has 0 amide bonds. The van der Waals surface area contributed by atoms with Gasteiger partial charge in [-0.1, -0.05) is 0 Å². The van der Waals surface area contributed by atoms with Gasteiger partial charge < -0.3 is 4.74 Å². The third-order valence-electron chi connectivity index (χ3n) is 1.94. The first-order valence-corrected chi connectivity index (χ1v) is 3.47. The molecule has 0 aromatic rings. The van der Waals surface area contributed by atoms with Gasteiger partial charge >= 0.3 is 0 Å². The summed E-state index contributed by atoms with van der Waals surface area (Å²) in [5, 5.41) is 3.29. The van der Waals surface area contributed by atoms with E-state index >= 15 is 0 Å². The molecule has 2 aliphatic rings. The van der Waals surface area contributed by atoms with E-state index in [-0.39, 0.29) is 0 Å². The Balaban J connectivity index is 1.96. The van der Waals surface area contributed by atoms with Gasteiger partial charge in [0.1, 0.15) is 0 Å². The number of ether oxygens (including phenoxy) is 1. The Morgan fingerprint density at radius 1 is 1.67 bits per heavy atom. The van der Waals surface area contributed by atoms with Gasteiger partial charge in [0.2, 0.25) is 0 Å². The van der Waals surface area contributed by atoms with Crippen LogP contribution in [0.5, 0.6) is 0 Å². The first-order valence-electron chi connectivity index (χ1n) is 3.47. The molecular weight excluding hydrogens is 116 g/mol. The van der Waals surface area contributed by atoms with Gasteiger partial charge in [0.25, 0.3) is 0 Å². The summed E-state index contributed by atoms with van der Waals surface area (Å²) in [5.41, 5.74) is 0. The topological polar surface area (TPSA) is 27.8 Å². The van der Waals surface area contributed by atoms with Crippen molar-refractivity contribution in [3.63, 3.8) is 0 Å². The fourth-order valence-corrected chi connectivity index (χ4v) is 1.29. The van der Waals surface area contributed by atoms with E-state index < -0.39 is 0 Å². The smallest absolute Gasteiger partial charge is 0.152 e. The molecule has 1 N–H and O–H groups in total. The van der Waals surface area contributed by atoms with Crippen molar-refractivity contribution in [1.29, 1.82) is 0 Å². The Bertz CT molecular complexity index is 118. The van der Waals surface area contributed by atoms with Gasteiger partial charge in [-0.05, 0) is 20.0 Å². The second kappa shape index (κ2) is 1.94. The summed E-state index contributed by atoms with van der Waals surface area (Å²) in [5.74, 6) is 0. The summed E-state index contributed by atoms with van der Waals surface area (Å²) in [6.45, 7) is 2.26. The van der Waals surface area contributed by atoms with Crippen molar-refractivity contribution in [2.75, 3.05) is 20.1 Å². The monoisotopic (exact) mass is 128 g/mol. The summed E-state index contributed by atoms with van der Waals surface area (Å²) in [4.78, 5) is 2.25. The van der Waals surface area contributed by atoms with Gasteiger partial charge in [0.15, 0.2) is 12.5 Å². The molecule has 2 unspecified atom stereocenters. The third-order valence-corrected chi connectivity index (χ3v) is 1.94. The lowest BCUT2D eigenvalue weighted by Gasteiger charge is -2.09. The Hall–Kier alpha value is -0.120. The summed E-state index contributed by atoms with van der Waals surface area (Å²) >= 11 is 0. The predicted molar refractivity (Wildman–Crippen MR) is 33.9 cm³/mol. The minimum Gasteiger partial charge on any atom is -0.337 e. The van der Waals surface area contributed by atoms with Crippen LogP contribution in [0, 0.1) is 0 Å². The van der Waals surface area contributed by atoms with E-state index in [9.17, 15) is 0 Å². The molecule has 0 aromatic heterocycles. The van der Waals surface area contributed by atoms with Crippen LogP contribution in [0.15, 0.2) is 0 Å². The number of likely N-dealkylation sites (N-methyl/N-ethyl adjacent to an activating group) is 1. The molecule has 0 aromatic carbocycles. The maximum Gasteiger partial charge on any atom is 0.152 e. The van der Waals surface area contributed by atoms with Crippen LogP contribution in [0.1, 0.15) is 6.42 Å². The number of hydrogen-bond donors (Lipinski definition) is 1. The predicted octanol–water partition coefficient (Wildman–Crippen LogP) is -0.406. The minimum atomic E-state index is 0.345. The number of nitrogens with zero attached hydrogens (tertiary/aromatic N) is 1. The minimum absolute atomic E-state index is 0.345. The van der Waals surface area contributed by atoms with E-state index in [2.05, 4.69) is 17.3 Å². The fourth-order valence-electron chi connectivity index (χ4n) is 1.29. The molecule has 9 heavy (non-hydrogen) atoms. The zero-order chi connectivity index (χ0) is 6.27. The summed E-state index contributed by atoms with van der Waals surface area (Å²) in [7, 11) is 2.11. The molecule has 2 rings (SSSR count). The highest BCUT2D eigenvalue weighted by molar-refractivity contribution is 4.84. The molecule has 0 bridgehead atoms. The van der Waals surface area contributed by atoms with Crippen molar-refractivity contribution >= 4 is 0 Å². The van der Waals surface area contributed by atoms with Crippen molar-refractivity contribution in [2.24, 2.45) is 0 Å². The lowest BCUT2D eigenvalue weighted by atomic mass is 10.4. The van der Waals surface area contributed by atoms with E-state index in [1.165, 1.54) is 6.42 Å². The SMILES string of the molecule is CN1CCCNC2OC21. The van der Waals surface area contributed by atoms with Crippen LogP contribution in [-0.2, 0) is 4.74 Å². The van der Waals surface area contributed by atoms with E-state index in [0.29, 0.717) is 12.5 Å². The molecule has 2 fully saturated rings. The number of hydrogen-bond acceptors (Lipinski definition) is 3. The number of rotatable bonds is 0. The van der Waals surface area contributed by atoms with E-state index in [1.54, 1.807) is 0 Å². The van der Waals surface area contributed by atoms with E-state index in [4.69, 9.17) is 4.74 Å². The Labute approximate surface area is 55.0 Å². The molecule has 2 aliphatic heterocycles. The molecule has 52 valence electrons. The van der Waals surface area contributed by atoms with Gasteiger partial charge in [-0.15, -0.1) is 0 Å². The zero-order valence-corrected chi connectivity index (χ0v) is 5.63. The average Bonchev–Trinajstić information content (AvgIpc) is 2.55. The van der Waals surface area contributed by atoms with Crippen LogP contribution in [0.2, 0.25) is 0 Å². The molecule has 0 aliphatic carbocycles. The van der Waals surface area contributed by atoms with Crippen molar-refractivity contribution < 1.29 is 4.74 Å². The van der Waals surface area contributed by atoms with Gasteiger partial charge in [-0.25, -0.2) is 0 Å². The maximum atomic E-state index is 5.28. The number of epoxide rings is 1. The Morgan fingerprint density at radius 3 is 3.44 bits per heavy atom. The molecule has 0 saturated carbocycles. The van der Waals surface area contributed by atoms with Crippen LogP contribution < -0.4 is 5.32 Å². The highest BCUT2D eigenvalue weighted by atomic mass is 16.6. The summed E-state index contributed by atoms with van der Waals surface area (Å²) in [6.07, 6.45) is 1.97. The van der Waals surface area contributed by atoms with Gasteiger partial charge in [-0.2, -0.15) is 0 Å². The fraction of sp³-hybridized carbons (Fsp3) is 1.00. The number of nitrogens with one attached hydrogen (secondary N) is 1. The molecule has 2 saturated heterocycles. The molecule has 3 nitrogen and oxygen atoms in total. The quantitative estimate of drug-likeness (QED) is 0.450. The molecule has 2 heterocycles. The number of fused-ring (bicyclic) bond motifs is 1. The van der Waals surface area contributed by atoms with E-state index in [0.717, 1.165) is 13.1 Å². The summed E-state index contributed by atoms with van der Waals surface area (Å²) in [6, 6.07) is 0. The van der Waals surface area contributed by atoms with Crippen molar-refractivity contribution in [3.05, 3.63) is 0 Å². The highest BCUT2D eigenvalue weighted by Gasteiger charge is 2.42. The van der Waals surface area contributed by atoms with Crippen molar-refractivity contribution in [2.45, 2.75) is 18.9 Å². The lowest BCUT2D eigenvalue weighted by molar-refractivity contribution is 0.200. The third kappa shape index (κ3) is 0.956. The summed E-state index contributed by atoms with van der Waals surface area (Å²) < 4.78 is 5.28. The van der Waals surface area contributed by atoms with Crippen LogP contribution in [0.3, 0.4) is 0 Å². The van der Waals surface area contributed by atoms with Crippen molar-refractivity contribution in [3.8, 4) is 0 Å². The molecule has 0 spiro atoms. The molecular formula is C6H12N2O. The average molecular weight is 128 g/mol. The van der Waals surface area contributed by atoms with Gasteiger partial charge in [0, 0.05) is 6.54 Å². The molecule has 0 radical (unpaired) electrons. The van der Waals surface area contributed by atoms with Crippen molar-refractivity contribution in [1.82, 2.24) is 10.2 Å². The van der Waals surface area contributed by atoms with Gasteiger partial charge in [0.05, 0.1) is 0 Å². The first kappa shape index (κ1) is 5.65. The van der Waals surface area contributed by atoms with Crippen LogP contribution >= 0.6 is 0 Å². The van der Waals surface area contributed by atoms with E-state index in [1.807, 2.05) is 0 Å². The second-order valence-electron chi connectivity index (χ2n) is 2.74. The zero-order valence-electron chi connectivity index (χ0n) is 5.63. The standard InChI is InChI=1S/C6H12N2O/c1-8-4-2-3-7-5-6(8)9-5/h5-7H,2-4H2,1H3. The van der Waals surface area contributed by atoms with Crippen LogP contribution in [-0.4, -0.2) is 37.5 Å². The van der Waals surface area contributed by atoms with Crippen LogP contribution in [0.25, 0.3) is 0 Å². The Morgan fingerprint density at radius 2 is 2.56 bits per heavy atom. The largest absolute Gasteiger partial charge is 0.337 e. The van der Waals surface area contributed by atoms with Crippen LogP contribution in [0.4, 0.5) is 0 Å². The lowest BCUT2D eigenvalue weighted by Crippen LogP contribution is -2.24. The normalized spacial score (nSPS) is 43.7. The van der Waals surface area contributed by atoms with Gasteiger partial charge in [-0.3, -0.25) is 10.2 Å². The molecule has 2 atom stereocenters. The maximum absolute atomic E-state index is 5.28. The second-order valence-corrected chi connectivity index (χ2v) is 2.74. The Kier molecular flexibility index (Phi) is 1.22. The molecule has 3 heteroatoms. The highest BCUT2D eigenvalue weighted by Crippen LogP contribution is 2.23. The first-order chi connectivity index (χ1) is 4.38.